The summed E-state index contributed by atoms with van der Waals surface area (Å²) in [4.78, 5) is 12.3. The lowest BCUT2D eigenvalue weighted by atomic mass is 9.77. The molecule has 4 heteroatoms. The molecule has 2 aliphatic rings. The second-order valence-corrected chi connectivity index (χ2v) is 6.51. The molecule has 19 heavy (non-hydrogen) atoms. The first-order chi connectivity index (χ1) is 8.58. The van der Waals surface area contributed by atoms with Gasteiger partial charge in [-0.25, -0.2) is 0 Å². The van der Waals surface area contributed by atoms with Crippen LogP contribution in [-0.2, 0) is 4.79 Å². The van der Waals surface area contributed by atoms with Gasteiger partial charge in [-0.3, -0.25) is 4.79 Å². The Morgan fingerprint density at radius 1 is 1.11 bits per heavy atom. The lowest BCUT2D eigenvalue weighted by molar-refractivity contribution is -0.127. The second-order valence-electron chi connectivity index (χ2n) is 6.51. The predicted octanol–water partition coefficient (Wildman–Crippen LogP) is 2.87. The highest BCUT2D eigenvalue weighted by Gasteiger charge is 2.31. The van der Waals surface area contributed by atoms with Crippen LogP contribution in [0, 0.1) is 17.8 Å². The van der Waals surface area contributed by atoms with Gasteiger partial charge in [0.15, 0.2) is 0 Å². The van der Waals surface area contributed by atoms with Gasteiger partial charge in [-0.15, -0.1) is 12.4 Å². The number of amides is 1. The zero-order valence-corrected chi connectivity index (χ0v) is 13.0. The summed E-state index contributed by atoms with van der Waals surface area (Å²) in [5, 5.41) is 3.29. The van der Waals surface area contributed by atoms with Gasteiger partial charge >= 0.3 is 0 Å². The number of hydrogen-bond donors (Lipinski definition) is 2. The Labute approximate surface area is 123 Å². The summed E-state index contributed by atoms with van der Waals surface area (Å²) in [5.74, 6) is 1.77. The summed E-state index contributed by atoms with van der Waals surface area (Å²) in [7, 11) is 0. The van der Waals surface area contributed by atoms with Crippen LogP contribution in [0.2, 0.25) is 0 Å². The van der Waals surface area contributed by atoms with Crippen molar-refractivity contribution in [3.8, 4) is 0 Å². The third-order valence-electron chi connectivity index (χ3n) is 5.12. The largest absolute Gasteiger partial charge is 0.353 e. The minimum atomic E-state index is 0. The van der Waals surface area contributed by atoms with Gasteiger partial charge in [-0.05, 0) is 37.5 Å². The molecule has 5 unspecified atom stereocenters. The number of rotatable bonds is 2. The molecule has 5 atom stereocenters. The highest BCUT2D eigenvalue weighted by atomic mass is 35.5. The molecule has 2 fully saturated rings. The molecule has 112 valence electrons. The first kappa shape index (κ1) is 16.8. The van der Waals surface area contributed by atoms with E-state index in [9.17, 15) is 4.79 Å². The number of carbonyl (C=O) groups excluding carboxylic acids is 1. The van der Waals surface area contributed by atoms with Crippen LogP contribution in [-0.4, -0.2) is 18.0 Å². The Kier molecular flexibility index (Phi) is 6.61. The van der Waals surface area contributed by atoms with E-state index >= 15 is 0 Å². The molecule has 2 rings (SSSR count). The Balaban J connectivity index is 0.00000180. The molecule has 2 saturated carbocycles. The van der Waals surface area contributed by atoms with Crippen molar-refractivity contribution in [1.29, 1.82) is 0 Å². The smallest absolute Gasteiger partial charge is 0.223 e. The van der Waals surface area contributed by atoms with Crippen molar-refractivity contribution >= 4 is 18.3 Å². The maximum Gasteiger partial charge on any atom is 0.223 e. The highest BCUT2D eigenvalue weighted by Crippen LogP contribution is 2.30. The van der Waals surface area contributed by atoms with Gasteiger partial charge in [0.25, 0.3) is 0 Å². The van der Waals surface area contributed by atoms with Gasteiger partial charge in [0.05, 0.1) is 0 Å². The summed E-state index contributed by atoms with van der Waals surface area (Å²) in [6, 6.07) is 0.622. The number of carbonyl (C=O) groups is 1. The fourth-order valence-electron chi connectivity index (χ4n) is 3.55. The summed E-state index contributed by atoms with van der Waals surface area (Å²) >= 11 is 0. The molecule has 0 spiro atoms. The van der Waals surface area contributed by atoms with Crippen LogP contribution < -0.4 is 11.1 Å². The summed E-state index contributed by atoms with van der Waals surface area (Å²) < 4.78 is 0. The Morgan fingerprint density at radius 2 is 1.79 bits per heavy atom. The minimum Gasteiger partial charge on any atom is -0.353 e. The second kappa shape index (κ2) is 7.49. The molecule has 0 bridgehead atoms. The maximum absolute atomic E-state index is 12.3. The lowest BCUT2D eigenvalue weighted by Gasteiger charge is -2.36. The van der Waals surface area contributed by atoms with Crippen LogP contribution in [0.5, 0.6) is 0 Å². The molecule has 0 aliphatic heterocycles. The van der Waals surface area contributed by atoms with E-state index in [4.69, 9.17) is 5.73 Å². The van der Waals surface area contributed by atoms with Gasteiger partial charge in [0.2, 0.25) is 5.91 Å². The van der Waals surface area contributed by atoms with Crippen molar-refractivity contribution in [2.24, 2.45) is 23.5 Å². The summed E-state index contributed by atoms with van der Waals surface area (Å²) in [6.07, 6.45) is 7.80. The van der Waals surface area contributed by atoms with Gasteiger partial charge < -0.3 is 11.1 Å². The molecular weight excluding hydrogens is 260 g/mol. The van der Waals surface area contributed by atoms with E-state index in [2.05, 4.69) is 19.2 Å². The van der Waals surface area contributed by atoms with E-state index in [1.807, 2.05) is 0 Å². The predicted molar refractivity (Wildman–Crippen MR) is 81.3 cm³/mol. The van der Waals surface area contributed by atoms with Crippen LogP contribution in [0.25, 0.3) is 0 Å². The average molecular weight is 289 g/mol. The first-order valence-corrected chi connectivity index (χ1v) is 7.64. The highest BCUT2D eigenvalue weighted by molar-refractivity contribution is 5.85. The van der Waals surface area contributed by atoms with E-state index in [-0.39, 0.29) is 30.3 Å². The molecule has 0 saturated heterocycles. The van der Waals surface area contributed by atoms with Crippen molar-refractivity contribution in [2.75, 3.05) is 0 Å². The number of halogens is 1. The van der Waals surface area contributed by atoms with E-state index in [1.165, 1.54) is 12.8 Å². The van der Waals surface area contributed by atoms with E-state index in [0.29, 0.717) is 12.0 Å². The van der Waals surface area contributed by atoms with Crippen molar-refractivity contribution in [2.45, 2.75) is 70.9 Å². The Bertz CT molecular complexity index is 298. The summed E-state index contributed by atoms with van der Waals surface area (Å²) in [6.45, 7) is 4.58. The van der Waals surface area contributed by atoms with Crippen molar-refractivity contribution < 1.29 is 4.79 Å². The molecule has 3 N–H and O–H groups in total. The standard InChI is InChI=1S/C15H28N2O.ClH/c1-10-5-3-8-14(11(10)2)17-15(18)12-6-4-7-13(16)9-12;/h10-14H,3-9,16H2,1-2H3,(H,17,18);1H. The third-order valence-corrected chi connectivity index (χ3v) is 5.12. The third kappa shape index (κ3) is 4.35. The molecule has 0 radical (unpaired) electrons. The zero-order chi connectivity index (χ0) is 13.1. The van der Waals surface area contributed by atoms with E-state index in [1.54, 1.807) is 0 Å². The quantitative estimate of drug-likeness (QED) is 0.821. The molecule has 1 amide bonds. The molecule has 0 aromatic carbocycles. The lowest BCUT2D eigenvalue weighted by Crippen LogP contribution is -2.47. The van der Waals surface area contributed by atoms with E-state index in [0.717, 1.165) is 38.0 Å². The normalized spacial score (nSPS) is 39.2. The van der Waals surface area contributed by atoms with Gasteiger partial charge in [-0.1, -0.05) is 33.1 Å². The minimum absolute atomic E-state index is 0. The van der Waals surface area contributed by atoms with Crippen molar-refractivity contribution in [3.05, 3.63) is 0 Å². The van der Waals surface area contributed by atoms with Crippen LogP contribution in [0.15, 0.2) is 0 Å². The molecule has 0 aromatic rings. The Morgan fingerprint density at radius 3 is 2.47 bits per heavy atom. The number of nitrogens with one attached hydrogen (secondary N) is 1. The molecule has 2 aliphatic carbocycles. The molecular formula is C15H29ClN2O. The molecule has 0 heterocycles. The topological polar surface area (TPSA) is 55.1 Å². The summed E-state index contributed by atoms with van der Waals surface area (Å²) in [5.41, 5.74) is 5.97. The monoisotopic (exact) mass is 288 g/mol. The van der Waals surface area contributed by atoms with Crippen LogP contribution in [0.3, 0.4) is 0 Å². The van der Waals surface area contributed by atoms with Crippen molar-refractivity contribution in [1.82, 2.24) is 5.32 Å². The molecule has 0 aromatic heterocycles. The van der Waals surface area contributed by atoms with Crippen molar-refractivity contribution in [3.63, 3.8) is 0 Å². The zero-order valence-electron chi connectivity index (χ0n) is 12.2. The Hall–Kier alpha value is -0.280. The average Bonchev–Trinajstić information content (AvgIpc) is 2.35. The fourth-order valence-corrected chi connectivity index (χ4v) is 3.55. The fraction of sp³-hybridized carbons (Fsp3) is 0.933. The maximum atomic E-state index is 12.3. The number of hydrogen-bond acceptors (Lipinski definition) is 2. The first-order valence-electron chi connectivity index (χ1n) is 7.64. The van der Waals surface area contributed by atoms with Gasteiger partial charge in [0, 0.05) is 18.0 Å². The number of nitrogens with two attached hydrogens (primary N) is 1. The van der Waals surface area contributed by atoms with E-state index < -0.39 is 0 Å². The van der Waals surface area contributed by atoms with Crippen LogP contribution >= 0.6 is 12.4 Å². The van der Waals surface area contributed by atoms with Crippen LogP contribution in [0.4, 0.5) is 0 Å². The SMILES string of the molecule is CC1CCCC(NC(=O)C2CCCC(N)C2)C1C.Cl. The van der Waals surface area contributed by atoms with Crippen LogP contribution in [0.1, 0.15) is 58.8 Å². The van der Waals surface area contributed by atoms with Gasteiger partial charge in [-0.2, -0.15) is 0 Å². The van der Waals surface area contributed by atoms with Gasteiger partial charge in [0.1, 0.15) is 0 Å². The molecule has 3 nitrogen and oxygen atoms in total.